The summed E-state index contributed by atoms with van der Waals surface area (Å²) in [6, 6.07) is 0.658. The molecule has 0 aromatic rings. The molecule has 1 aliphatic carbocycles. The van der Waals surface area contributed by atoms with Crippen LogP contribution in [0.1, 0.15) is 45.4 Å². The number of nitrogens with one attached hydrogen (secondary N) is 1. The van der Waals surface area contributed by atoms with Crippen LogP contribution in [0.4, 0.5) is 0 Å². The van der Waals surface area contributed by atoms with Crippen LogP contribution in [0.3, 0.4) is 0 Å². The zero-order valence-corrected chi connectivity index (χ0v) is 9.88. The van der Waals surface area contributed by atoms with E-state index >= 15 is 0 Å². The highest BCUT2D eigenvalue weighted by Gasteiger charge is 2.30. The second-order valence-electron chi connectivity index (χ2n) is 4.41. The van der Waals surface area contributed by atoms with Crippen LogP contribution in [0, 0.1) is 5.92 Å². The van der Waals surface area contributed by atoms with Crippen LogP contribution >= 0.6 is 0 Å². The lowest BCUT2D eigenvalue weighted by Gasteiger charge is -2.36. The van der Waals surface area contributed by atoms with Crippen molar-refractivity contribution in [3.8, 4) is 0 Å². The summed E-state index contributed by atoms with van der Waals surface area (Å²) < 4.78 is 5.59. The fourth-order valence-electron chi connectivity index (χ4n) is 2.76. The van der Waals surface area contributed by atoms with E-state index in [0.717, 1.165) is 5.92 Å². The van der Waals surface area contributed by atoms with E-state index in [9.17, 15) is 0 Å². The van der Waals surface area contributed by atoms with Gasteiger partial charge in [0.15, 0.2) is 0 Å². The maximum atomic E-state index is 5.59. The highest BCUT2D eigenvalue weighted by atomic mass is 16.5. The molecular weight excluding hydrogens is 174 g/mol. The first-order chi connectivity index (χ1) is 6.83. The van der Waals surface area contributed by atoms with Gasteiger partial charge in [-0.25, -0.2) is 0 Å². The molecule has 14 heavy (non-hydrogen) atoms. The fraction of sp³-hybridized carbons (Fsp3) is 1.00. The Morgan fingerprint density at radius 2 is 2.07 bits per heavy atom. The lowest BCUT2D eigenvalue weighted by molar-refractivity contribution is 0.00759. The topological polar surface area (TPSA) is 21.3 Å². The van der Waals surface area contributed by atoms with Gasteiger partial charge in [-0.1, -0.05) is 26.2 Å². The summed E-state index contributed by atoms with van der Waals surface area (Å²) in [4.78, 5) is 0. The van der Waals surface area contributed by atoms with Gasteiger partial charge in [0.2, 0.25) is 0 Å². The van der Waals surface area contributed by atoms with Crippen molar-refractivity contribution in [2.24, 2.45) is 5.92 Å². The van der Waals surface area contributed by atoms with E-state index in [1.165, 1.54) is 38.5 Å². The van der Waals surface area contributed by atoms with Gasteiger partial charge in [-0.05, 0) is 26.3 Å². The summed E-state index contributed by atoms with van der Waals surface area (Å²) in [5.74, 6) is 0.735. The zero-order chi connectivity index (χ0) is 10.4. The third-order valence-corrected chi connectivity index (χ3v) is 3.54. The van der Waals surface area contributed by atoms with Crippen molar-refractivity contribution in [1.82, 2.24) is 5.32 Å². The van der Waals surface area contributed by atoms with E-state index in [1.807, 2.05) is 7.11 Å². The van der Waals surface area contributed by atoms with Gasteiger partial charge in [0, 0.05) is 19.1 Å². The van der Waals surface area contributed by atoms with Crippen molar-refractivity contribution >= 4 is 0 Å². The van der Waals surface area contributed by atoms with Crippen LogP contribution < -0.4 is 5.32 Å². The summed E-state index contributed by atoms with van der Waals surface area (Å²) in [6.45, 7) is 2.26. The summed E-state index contributed by atoms with van der Waals surface area (Å²) >= 11 is 0. The van der Waals surface area contributed by atoms with Crippen LogP contribution in [0.5, 0.6) is 0 Å². The van der Waals surface area contributed by atoms with Gasteiger partial charge in [0.05, 0.1) is 6.10 Å². The minimum absolute atomic E-state index is 0.493. The molecule has 0 aromatic heterocycles. The molecule has 1 aliphatic rings. The van der Waals surface area contributed by atoms with Crippen molar-refractivity contribution in [3.05, 3.63) is 0 Å². The summed E-state index contributed by atoms with van der Waals surface area (Å²) in [5, 5.41) is 3.46. The monoisotopic (exact) mass is 199 g/mol. The molecule has 2 nitrogen and oxygen atoms in total. The predicted octanol–water partition coefficient (Wildman–Crippen LogP) is 2.58. The van der Waals surface area contributed by atoms with Crippen molar-refractivity contribution in [2.75, 3.05) is 14.2 Å². The number of hydrogen-bond acceptors (Lipinski definition) is 2. The quantitative estimate of drug-likeness (QED) is 0.735. The van der Waals surface area contributed by atoms with Crippen molar-refractivity contribution in [1.29, 1.82) is 0 Å². The first kappa shape index (κ1) is 12.0. The molecule has 1 fully saturated rings. The molecule has 0 spiro atoms. The number of rotatable bonds is 5. The average Bonchev–Trinajstić information content (AvgIpc) is 2.26. The molecule has 0 amide bonds. The molecule has 3 unspecified atom stereocenters. The standard InChI is InChI=1S/C12H25NO/c1-4-7-11(13-2)10-8-5-6-9-12(10)14-3/h10-13H,4-9H2,1-3H3. The highest BCUT2D eigenvalue weighted by Crippen LogP contribution is 2.30. The molecule has 0 bridgehead atoms. The SMILES string of the molecule is CCCC(NC)C1CCCCC1OC. The van der Waals surface area contributed by atoms with E-state index in [1.54, 1.807) is 0 Å². The molecule has 0 radical (unpaired) electrons. The Labute approximate surface area is 88.4 Å². The molecule has 84 valence electrons. The average molecular weight is 199 g/mol. The zero-order valence-electron chi connectivity index (χ0n) is 9.88. The van der Waals surface area contributed by atoms with Crippen LogP contribution in [0.25, 0.3) is 0 Å². The second-order valence-corrected chi connectivity index (χ2v) is 4.41. The minimum atomic E-state index is 0.493. The van der Waals surface area contributed by atoms with Crippen molar-refractivity contribution in [3.63, 3.8) is 0 Å². The van der Waals surface area contributed by atoms with Gasteiger partial charge < -0.3 is 10.1 Å². The van der Waals surface area contributed by atoms with E-state index in [4.69, 9.17) is 4.74 Å². The lowest BCUT2D eigenvalue weighted by Crippen LogP contribution is -2.42. The largest absolute Gasteiger partial charge is 0.381 e. The Kier molecular flexibility index (Phi) is 5.49. The van der Waals surface area contributed by atoms with Gasteiger partial charge in [-0.15, -0.1) is 0 Å². The Morgan fingerprint density at radius 1 is 1.36 bits per heavy atom. The van der Waals surface area contributed by atoms with Crippen molar-refractivity contribution in [2.45, 2.75) is 57.6 Å². The molecule has 0 heterocycles. The molecule has 2 heteroatoms. The molecular formula is C12H25NO. The Morgan fingerprint density at radius 3 is 2.64 bits per heavy atom. The van der Waals surface area contributed by atoms with E-state index < -0.39 is 0 Å². The van der Waals surface area contributed by atoms with Gasteiger partial charge in [0.1, 0.15) is 0 Å². The lowest BCUT2D eigenvalue weighted by atomic mass is 9.80. The number of methoxy groups -OCH3 is 1. The van der Waals surface area contributed by atoms with Crippen molar-refractivity contribution < 1.29 is 4.74 Å². The molecule has 1 saturated carbocycles. The second kappa shape index (κ2) is 6.41. The normalized spacial score (nSPS) is 30.2. The van der Waals surface area contributed by atoms with Crippen LogP contribution in [-0.4, -0.2) is 26.3 Å². The summed E-state index contributed by atoms with van der Waals surface area (Å²) in [7, 11) is 3.95. The molecule has 3 atom stereocenters. The Bertz CT molecular complexity index is 149. The first-order valence-corrected chi connectivity index (χ1v) is 6.03. The molecule has 0 aromatic carbocycles. The smallest absolute Gasteiger partial charge is 0.0614 e. The summed E-state index contributed by atoms with van der Waals surface area (Å²) in [5.41, 5.74) is 0. The van der Waals surface area contributed by atoms with E-state index in [2.05, 4.69) is 19.3 Å². The number of ether oxygens (including phenoxy) is 1. The molecule has 0 saturated heterocycles. The summed E-state index contributed by atoms with van der Waals surface area (Å²) in [6.07, 6.45) is 8.35. The maximum Gasteiger partial charge on any atom is 0.0614 e. The third-order valence-electron chi connectivity index (χ3n) is 3.54. The van der Waals surface area contributed by atoms with Crippen LogP contribution in [0.15, 0.2) is 0 Å². The molecule has 1 rings (SSSR count). The fourth-order valence-corrected chi connectivity index (χ4v) is 2.76. The molecule has 0 aliphatic heterocycles. The maximum absolute atomic E-state index is 5.59. The minimum Gasteiger partial charge on any atom is -0.381 e. The van der Waals surface area contributed by atoms with Gasteiger partial charge >= 0.3 is 0 Å². The van der Waals surface area contributed by atoms with Crippen LogP contribution in [-0.2, 0) is 4.74 Å². The van der Waals surface area contributed by atoms with Gasteiger partial charge in [0.25, 0.3) is 0 Å². The third kappa shape index (κ3) is 2.96. The van der Waals surface area contributed by atoms with Crippen LogP contribution in [0.2, 0.25) is 0 Å². The van der Waals surface area contributed by atoms with Gasteiger partial charge in [-0.3, -0.25) is 0 Å². The number of hydrogen-bond donors (Lipinski definition) is 1. The highest BCUT2D eigenvalue weighted by molar-refractivity contribution is 4.84. The first-order valence-electron chi connectivity index (χ1n) is 6.03. The Hall–Kier alpha value is -0.0800. The Balaban J connectivity index is 2.51. The van der Waals surface area contributed by atoms with E-state index in [0.29, 0.717) is 12.1 Å². The predicted molar refractivity (Wildman–Crippen MR) is 60.5 cm³/mol. The van der Waals surface area contributed by atoms with Gasteiger partial charge in [-0.2, -0.15) is 0 Å². The molecule has 1 N–H and O–H groups in total. The van der Waals surface area contributed by atoms with E-state index in [-0.39, 0.29) is 0 Å².